The summed E-state index contributed by atoms with van der Waals surface area (Å²) < 4.78 is 10.1. The monoisotopic (exact) mass is 368 g/mol. The first kappa shape index (κ1) is 18.0. The van der Waals surface area contributed by atoms with Crippen molar-refractivity contribution in [3.63, 3.8) is 0 Å². The Morgan fingerprint density at radius 2 is 1.96 bits per heavy atom. The van der Waals surface area contributed by atoms with Gasteiger partial charge in [-0.05, 0) is 36.8 Å². The first-order valence-electron chi connectivity index (χ1n) is 6.84. The van der Waals surface area contributed by atoms with Gasteiger partial charge in [0.1, 0.15) is 10.9 Å². The number of nitrogens with one attached hydrogen (secondary N) is 1. The molecule has 24 heavy (non-hydrogen) atoms. The molecule has 0 atom stereocenters. The first-order valence-corrected chi connectivity index (χ1v) is 7.60. The van der Waals surface area contributed by atoms with Gasteiger partial charge >= 0.3 is 5.97 Å². The summed E-state index contributed by atoms with van der Waals surface area (Å²) in [6.45, 7) is 1.38. The molecule has 0 saturated heterocycles. The van der Waals surface area contributed by atoms with Crippen LogP contribution in [0.3, 0.4) is 0 Å². The molecule has 0 aliphatic rings. The lowest BCUT2D eigenvalue weighted by molar-refractivity contribution is -0.119. The van der Waals surface area contributed by atoms with Crippen LogP contribution in [-0.4, -0.2) is 30.6 Å². The molecule has 1 aromatic heterocycles. The number of hydrogen-bond acceptors (Lipinski definition) is 5. The van der Waals surface area contributed by atoms with E-state index in [0.29, 0.717) is 11.4 Å². The standard InChI is InChI=1S/C16H14Cl2N2O4/c1-9-3-5-12(23-2)11(7-9)19-14(21)8-24-16(22)15-10(17)4-6-13(18)20-15/h3-7H,8H2,1-2H3,(H,19,21). The van der Waals surface area contributed by atoms with Crippen LogP contribution in [-0.2, 0) is 9.53 Å². The summed E-state index contributed by atoms with van der Waals surface area (Å²) in [5.41, 5.74) is 1.28. The average Bonchev–Trinajstić information content (AvgIpc) is 2.55. The van der Waals surface area contributed by atoms with Gasteiger partial charge in [0.05, 0.1) is 17.8 Å². The Morgan fingerprint density at radius 1 is 1.21 bits per heavy atom. The lowest BCUT2D eigenvalue weighted by atomic mass is 10.2. The average molecular weight is 369 g/mol. The normalized spacial score (nSPS) is 10.2. The smallest absolute Gasteiger partial charge is 0.359 e. The van der Waals surface area contributed by atoms with Gasteiger partial charge in [-0.2, -0.15) is 0 Å². The molecule has 0 unspecified atom stereocenters. The molecule has 0 bridgehead atoms. The number of nitrogens with zero attached hydrogens (tertiary/aromatic N) is 1. The van der Waals surface area contributed by atoms with E-state index in [-0.39, 0.29) is 15.9 Å². The van der Waals surface area contributed by atoms with Gasteiger partial charge < -0.3 is 14.8 Å². The van der Waals surface area contributed by atoms with Crippen molar-refractivity contribution in [2.75, 3.05) is 19.0 Å². The third-order valence-electron chi connectivity index (χ3n) is 2.97. The number of aromatic nitrogens is 1. The second kappa shape index (κ2) is 7.99. The van der Waals surface area contributed by atoms with Crippen molar-refractivity contribution in [2.24, 2.45) is 0 Å². The second-order valence-electron chi connectivity index (χ2n) is 4.79. The van der Waals surface area contributed by atoms with Crippen LogP contribution in [0.2, 0.25) is 10.2 Å². The molecule has 6 nitrogen and oxygen atoms in total. The van der Waals surface area contributed by atoms with Crippen molar-refractivity contribution < 1.29 is 19.1 Å². The maximum absolute atomic E-state index is 12.0. The highest BCUT2D eigenvalue weighted by molar-refractivity contribution is 6.34. The molecule has 1 amide bonds. The van der Waals surface area contributed by atoms with Crippen molar-refractivity contribution in [2.45, 2.75) is 6.92 Å². The van der Waals surface area contributed by atoms with Gasteiger partial charge in [-0.25, -0.2) is 9.78 Å². The van der Waals surface area contributed by atoms with Crippen LogP contribution in [0, 0.1) is 6.92 Å². The summed E-state index contributed by atoms with van der Waals surface area (Å²) in [5.74, 6) is -0.862. The molecular weight excluding hydrogens is 355 g/mol. The van der Waals surface area contributed by atoms with E-state index in [1.165, 1.54) is 19.2 Å². The topological polar surface area (TPSA) is 77.5 Å². The van der Waals surface area contributed by atoms with Crippen molar-refractivity contribution in [3.8, 4) is 5.75 Å². The lowest BCUT2D eigenvalue weighted by Crippen LogP contribution is -2.21. The first-order chi connectivity index (χ1) is 11.4. The van der Waals surface area contributed by atoms with Crippen molar-refractivity contribution in [3.05, 3.63) is 51.8 Å². The maximum atomic E-state index is 12.0. The van der Waals surface area contributed by atoms with E-state index in [1.54, 1.807) is 12.1 Å². The van der Waals surface area contributed by atoms with E-state index in [1.807, 2.05) is 13.0 Å². The Kier molecular flexibility index (Phi) is 6.00. The predicted molar refractivity (Wildman–Crippen MR) is 90.9 cm³/mol. The number of methoxy groups -OCH3 is 1. The third kappa shape index (κ3) is 4.59. The molecule has 2 aromatic rings. The highest BCUT2D eigenvalue weighted by Gasteiger charge is 2.17. The predicted octanol–water partition coefficient (Wildman–Crippen LogP) is 3.50. The summed E-state index contributed by atoms with van der Waals surface area (Å²) in [6.07, 6.45) is 0. The Bertz CT molecular complexity index is 781. The van der Waals surface area contributed by atoms with Gasteiger partial charge in [0.25, 0.3) is 5.91 Å². The van der Waals surface area contributed by atoms with Crippen LogP contribution in [0.4, 0.5) is 5.69 Å². The molecule has 1 aromatic carbocycles. The SMILES string of the molecule is COc1ccc(C)cc1NC(=O)COC(=O)c1nc(Cl)ccc1Cl. The zero-order valence-electron chi connectivity index (χ0n) is 12.9. The van der Waals surface area contributed by atoms with Crippen LogP contribution in [0.5, 0.6) is 5.75 Å². The highest BCUT2D eigenvalue weighted by Crippen LogP contribution is 2.25. The number of amides is 1. The lowest BCUT2D eigenvalue weighted by Gasteiger charge is -2.11. The molecule has 0 spiro atoms. The molecule has 0 radical (unpaired) electrons. The molecule has 0 aliphatic heterocycles. The maximum Gasteiger partial charge on any atom is 0.359 e. The van der Waals surface area contributed by atoms with Gasteiger partial charge in [-0.3, -0.25) is 4.79 Å². The second-order valence-corrected chi connectivity index (χ2v) is 5.59. The van der Waals surface area contributed by atoms with Gasteiger partial charge in [0.2, 0.25) is 0 Å². The fraction of sp³-hybridized carbons (Fsp3) is 0.188. The molecule has 2 rings (SSSR count). The van der Waals surface area contributed by atoms with Gasteiger partial charge in [-0.1, -0.05) is 29.3 Å². The molecular formula is C16H14Cl2N2O4. The van der Waals surface area contributed by atoms with E-state index in [4.69, 9.17) is 32.7 Å². The number of esters is 1. The minimum atomic E-state index is -0.839. The molecule has 1 heterocycles. The van der Waals surface area contributed by atoms with E-state index >= 15 is 0 Å². The Morgan fingerprint density at radius 3 is 2.67 bits per heavy atom. The van der Waals surface area contributed by atoms with E-state index in [9.17, 15) is 9.59 Å². The number of benzene rings is 1. The van der Waals surface area contributed by atoms with Crippen LogP contribution in [0.1, 0.15) is 16.1 Å². The van der Waals surface area contributed by atoms with Gasteiger partial charge in [0.15, 0.2) is 12.3 Å². The van der Waals surface area contributed by atoms with Crippen molar-refractivity contribution >= 4 is 40.8 Å². The number of aryl methyl sites for hydroxylation is 1. The summed E-state index contributed by atoms with van der Waals surface area (Å²) in [4.78, 5) is 27.7. The number of carbonyl (C=O) groups is 2. The van der Waals surface area contributed by atoms with Crippen LogP contribution < -0.4 is 10.1 Å². The van der Waals surface area contributed by atoms with Crippen molar-refractivity contribution in [1.82, 2.24) is 4.98 Å². The summed E-state index contributed by atoms with van der Waals surface area (Å²) in [5, 5.41) is 2.80. The number of ether oxygens (including phenoxy) is 2. The van der Waals surface area contributed by atoms with Crippen LogP contribution in [0.25, 0.3) is 0 Å². The number of pyridine rings is 1. The molecule has 126 valence electrons. The Hall–Kier alpha value is -2.31. The fourth-order valence-electron chi connectivity index (χ4n) is 1.87. The number of halogens is 2. The third-order valence-corrected chi connectivity index (χ3v) is 3.48. The van der Waals surface area contributed by atoms with Crippen molar-refractivity contribution in [1.29, 1.82) is 0 Å². The summed E-state index contributed by atoms with van der Waals surface area (Å²) in [7, 11) is 1.49. The molecule has 8 heteroatoms. The largest absolute Gasteiger partial charge is 0.495 e. The van der Waals surface area contributed by atoms with Gasteiger partial charge in [0, 0.05) is 0 Å². The minimum Gasteiger partial charge on any atom is -0.495 e. The number of hydrogen-bond donors (Lipinski definition) is 1. The van der Waals surface area contributed by atoms with E-state index in [0.717, 1.165) is 5.56 Å². The number of rotatable bonds is 5. The fourth-order valence-corrected chi connectivity index (χ4v) is 2.20. The Labute approximate surface area is 148 Å². The summed E-state index contributed by atoms with van der Waals surface area (Å²) in [6, 6.07) is 8.18. The number of carbonyl (C=O) groups excluding carboxylic acids is 2. The summed E-state index contributed by atoms with van der Waals surface area (Å²) >= 11 is 11.6. The van der Waals surface area contributed by atoms with Crippen LogP contribution >= 0.6 is 23.2 Å². The zero-order valence-corrected chi connectivity index (χ0v) is 14.4. The zero-order chi connectivity index (χ0) is 17.7. The molecule has 0 aliphatic carbocycles. The van der Waals surface area contributed by atoms with E-state index in [2.05, 4.69) is 10.3 Å². The molecule has 1 N–H and O–H groups in total. The molecule has 0 saturated carbocycles. The molecule has 0 fully saturated rings. The number of anilines is 1. The minimum absolute atomic E-state index is 0.0881. The van der Waals surface area contributed by atoms with Gasteiger partial charge in [-0.15, -0.1) is 0 Å². The highest BCUT2D eigenvalue weighted by atomic mass is 35.5. The quantitative estimate of drug-likeness (QED) is 0.645. The van der Waals surface area contributed by atoms with E-state index < -0.39 is 18.5 Å². The Balaban J connectivity index is 2.00. The van der Waals surface area contributed by atoms with Crippen LogP contribution in [0.15, 0.2) is 30.3 Å².